The lowest BCUT2D eigenvalue weighted by Crippen LogP contribution is -2.46. The molecule has 1 atom stereocenters. The predicted octanol–water partition coefficient (Wildman–Crippen LogP) is 2.83. The van der Waals surface area contributed by atoms with Crippen molar-refractivity contribution in [2.45, 2.75) is 38.1 Å². The van der Waals surface area contributed by atoms with Crippen molar-refractivity contribution in [1.29, 1.82) is 0 Å². The molecule has 3 N–H and O–H groups in total. The maximum absolute atomic E-state index is 13.8. The van der Waals surface area contributed by atoms with E-state index >= 15 is 0 Å². The zero-order valence-corrected chi connectivity index (χ0v) is 12.4. The van der Waals surface area contributed by atoms with Crippen LogP contribution < -0.4 is 11.1 Å². The molecule has 0 amide bonds. The summed E-state index contributed by atoms with van der Waals surface area (Å²) in [6, 6.07) is 6.86. The van der Waals surface area contributed by atoms with Gasteiger partial charge in [0.15, 0.2) is 0 Å². The van der Waals surface area contributed by atoms with Gasteiger partial charge in [-0.3, -0.25) is 0 Å². The van der Waals surface area contributed by atoms with Crippen LogP contribution in [0.3, 0.4) is 0 Å². The Balaban J connectivity index is 2.08. The second-order valence-corrected chi connectivity index (χ2v) is 5.78. The highest BCUT2D eigenvalue weighted by Gasteiger charge is 2.31. The van der Waals surface area contributed by atoms with E-state index in [1.165, 1.54) is 12.5 Å². The number of para-hydroxylation sites is 1. The fraction of sp³-hybridized carbons (Fsp3) is 0.625. The van der Waals surface area contributed by atoms with Crippen LogP contribution in [0.15, 0.2) is 24.3 Å². The van der Waals surface area contributed by atoms with Crippen LogP contribution in [0, 0.1) is 5.82 Å². The molecule has 1 aliphatic heterocycles. The number of benzene rings is 1. The summed E-state index contributed by atoms with van der Waals surface area (Å²) < 4.78 is 13.8. The van der Waals surface area contributed by atoms with Crippen molar-refractivity contribution >= 4 is 5.69 Å². The molecule has 0 saturated carbocycles. The Labute approximate surface area is 121 Å². The Morgan fingerprint density at radius 1 is 1.30 bits per heavy atom. The molecule has 0 radical (unpaired) electrons. The lowest BCUT2D eigenvalue weighted by atomic mass is 9.90. The first-order valence-electron chi connectivity index (χ1n) is 7.64. The molecule has 112 valence electrons. The van der Waals surface area contributed by atoms with E-state index in [0.717, 1.165) is 38.9 Å². The van der Waals surface area contributed by atoms with Gasteiger partial charge in [0.1, 0.15) is 5.82 Å². The van der Waals surface area contributed by atoms with Gasteiger partial charge in [-0.2, -0.15) is 0 Å². The van der Waals surface area contributed by atoms with Gasteiger partial charge in [-0.15, -0.1) is 0 Å². The van der Waals surface area contributed by atoms with Crippen LogP contribution in [-0.4, -0.2) is 36.6 Å². The summed E-state index contributed by atoms with van der Waals surface area (Å²) >= 11 is 0. The smallest absolute Gasteiger partial charge is 0.146 e. The quantitative estimate of drug-likeness (QED) is 0.871. The van der Waals surface area contributed by atoms with Crippen molar-refractivity contribution in [3.05, 3.63) is 30.1 Å². The summed E-state index contributed by atoms with van der Waals surface area (Å²) in [6.45, 7) is 6.04. The standard InChI is InChI=1S/C16H26FN3/c1-2-10-20-11-5-8-16(13-18,9-12-20)19-15-7-4-3-6-14(15)17/h3-4,6-7,19H,2,5,8-13,18H2,1H3. The highest BCUT2D eigenvalue weighted by molar-refractivity contribution is 5.47. The van der Waals surface area contributed by atoms with Gasteiger partial charge in [0, 0.05) is 13.1 Å². The first-order chi connectivity index (χ1) is 9.69. The maximum atomic E-state index is 13.8. The fourth-order valence-corrected chi connectivity index (χ4v) is 3.02. The zero-order valence-electron chi connectivity index (χ0n) is 12.4. The van der Waals surface area contributed by atoms with Gasteiger partial charge in [0.25, 0.3) is 0 Å². The van der Waals surface area contributed by atoms with Gasteiger partial charge in [-0.1, -0.05) is 19.1 Å². The molecule has 1 heterocycles. The lowest BCUT2D eigenvalue weighted by Gasteiger charge is -2.34. The molecule has 1 aliphatic rings. The number of nitrogens with zero attached hydrogens (tertiary/aromatic N) is 1. The number of halogens is 1. The summed E-state index contributed by atoms with van der Waals surface area (Å²) in [5.74, 6) is -0.199. The van der Waals surface area contributed by atoms with E-state index in [2.05, 4.69) is 17.1 Å². The summed E-state index contributed by atoms with van der Waals surface area (Å²) in [7, 11) is 0. The molecule has 2 rings (SSSR count). The fourth-order valence-electron chi connectivity index (χ4n) is 3.02. The van der Waals surface area contributed by atoms with E-state index in [4.69, 9.17) is 5.73 Å². The zero-order chi connectivity index (χ0) is 14.4. The van der Waals surface area contributed by atoms with E-state index in [1.807, 2.05) is 6.07 Å². The Hall–Kier alpha value is -1.13. The molecule has 0 aromatic heterocycles. The highest BCUT2D eigenvalue weighted by atomic mass is 19.1. The first-order valence-corrected chi connectivity index (χ1v) is 7.64. The molecule has 1 aromatic rings. The second kappa shape index (κ2) is 7.04. The molecule has 0 spiro atoms. The van der Waals surface area contributed by atoms with Gasteiger partial charge in [-0.05, 0) is 50.9 Å². The van der Waals surface area contributed by atoms with Crippen LogP contribution >= 0.6 is 0 Å². The van der Waals surface area contributed by atoms with Crippen molar-refractivity contribution in [3.8, 4) is 0 Å². The van der Waals surface area contributed by atoms with Crippen LogP contribution in [0.1, 0.15) is 32.6 Å². The molecule has 1 aromatic carbocycles. The van der Waals surface area contributed by atoms with Gasteiger partial charge in [0.2, 0.25) is 0 Å². The van der Waals surface area contributed by atoms with Gasteiger partial charge < -0.3 is 16.0 Å². The number of hydrogen-bond acceptors (Lipinski definition) is 3. The molecule has 20 heavy (non-hydrogen) atoms. The third kappa shape index (κ3) is 3.70. The Kier molecular flexibility index (Phi) is 5.38. The average Bonchev–Trinajstić information content (AvgIpc) is 2.66. The lowest BCUT2D eigenvalue weighted by molar-refractivity contribution is 0.279. The molecular formula is C16H26FN3. The van der Waals surface area contributed by atoms with Crippen molar-refractivity contribution < 1.29 is 4.39 Å². The van der Waals surface area contributed by atoms with Crippen molar-refractivity contribution in [1.82, 2.24) is 4.90 Å². The first kappa shape index (κ1) is 15.3. The highest BCUT2D eigenvalue weighted by Crippen LogP contribution is 2.27. The third-order valence-corrected chi connectivity index (χ3v) is 4.24. The van der Waals surface area contributed by atoms with E-state index in [0.29, 0.717) is 12.2 Å². The number of anilines is 1. The van der Waals surface area contributed by atoms with Crippen LogP contribution in [0.2, 0.25) is 0 Å². The van der Waals surface area contributed by atoms with Crippen LogP contribution in [-0.2, 0) is 0 Å². The van der Waals surface area contributed by atoms with E-state index < -0.39 is 0 Å². The summed E-state index contributed by atoms with van der Waals surface area (Å²) in [4.78, 5) is 2.49. The normalized spacial score (nSPS) is 24.4. The van der Waals surface area contributed by atoms with Crippen LogP contribution in [0.5, 0.6) is 0 Å². The molecule has 1 saturated heterocycles. The van der Waals surface area contributed by atoms with Crippen molar-refractivity contribution in [2.24, 2.45) is 5.73 Å². The number of rotatable bonds is 5. The predicted molar refractivity (Wildman–Crippen MR) is 82.4 cm³/mol. The Morgan fingerprint density at radius 3 is 2.80 bits per heavy atom. The number of likely N-dealkylation sites (tertiary alicyclic amines) is 1. The monoisotopic (exact) mass is 279 g/mol. The van der Waals surface area contributed by atoms with Crippen molar-refractivity contribution in [3.63, 3.8) is 0 Å². The molecule has 0 bridgehead atoms. The SMILES string of the molecule is CCCN1CCCC(CN)(Nc2ccccc2F)CC1. The summed E-state index contributed by atoms with van der Waals surface area (Å²) in [6.07, 6.45) is 4.25. The number of nitrogens with two attached hydrogens (primary N) is 1. The van der Waals surface area contributed by atoms with Gasteiger partial charge in [-0.25, -0.2) is 4.39 Å². The molecule has 4 heteroatoms. The average molecular weight is 279 g/mol. The van der Waals surface area contributed by atoms with E-state index in [1.54, 1.807) is 12.1 Å². The Bertz CT molecular complexity index is 424. The maximum Gasteiger partial charge on any atom is 0.146 e. The van der Waals surface area contributed by atoms with E-state index in [9.17, 15) is 4.39 Å². The molecule has 3 nitrogen and oxygen atoms in total. The minimum atomic E-state index is -0.199. The van der Waals surface area contributed by atoms with Gasteiger partial charge >= 0.3 is 0 Å². The third-order valence-electron chi connectivity index (χ3n) is 4.24. The van der Waals surface area contributed by atoms with Crippen LogP contribution in [0.25, 0.3) is 0 Å². The number of nitrogens with one attached hydrogen (secondary N) is 1. The molecule has 0 aliphatic carbocycles. The summed E-state index contributed by atoms with van der Waals surface area (Å²) in [5, 5.41) is 3.39. The molecular weight excluding hydrogens is 253 g/mol. The van der Waals surface area contributed by atoms with E-state index in [-0.39, 0.29) is 11.4 Å². The minimum absolute atomic E-state index is 0.176. The molecule has 1 fully saturated rings. The number of hydrogen-bond donors (Lipinski definition) is 2. The second-order valence-electron chi connectivity index (χ2n) is 5.78. The largest absolute Gasteiger partial charge is 0.376 e. The Morgan fingerprint density at radius 2 is 2.10 bits per heavy atom. The summed E-state index contributed by atoms with van der Waals surface area (Å²) in [5.41, 5.74) is 6.42. The molecule has 1 unspecified atom stereocenters. The van der Waals surface area contributed by atoms with Gasteiger partial charge in [0.05, 0.1) is 11.2 Å². The topological polar surface area (TPSA) is 41.3 Å². The van der Waals surface area contributed by atoms with Crippen molar-refractivity contribution in [2.75, 3.05) is 31.5 Å². The van der Waals surface area contributed by atoms with Crippen LogP contribution in [0.4, 0.5) is 10.1 Å². The minimum Gasteiger partial charge on any atom is -0.376 e.